The first kappa shape index (κ1) is 22.8. The van der Waals surface area contributed by atoms with Crippen molar-refractivity contribution in [3.63, 3.8) is 0 Å². The van der Waals surface area contributed by atoms with Gasteiger partial charge in [0.15, 0.2) is 0 Å². The molecule has 2 amide bonds. The Hall–Kier alpha value is -3.38. The highest BCUT2D eigenvalue weighted by molar-refractivity contribution is 7.10. The number of thiophene rings is 1. The SMILES string of the molecule is C=CCN(CC(=O)N1CCc2sccc2C1COc1ccccc1)C(=O)c1ccc(C)cc1. The van der Waals surface area contributed by atoms with Crippen molar-refractivity contribution in [3.8, 4) is 5.75 Å². The van der Waals surface area contributed by atoms with Crippen molar-refractivity contribution in [2.45, 2.75) is 19.4 Å². The molecule has 0 bridgehead atoms. The minimum Gasteiger partial charge on any atom is -0.491 e. The highest BCUT2D eigenvalue weighted by atomic mass is 32.1. The Morgan fingerprint density at radius 1 is 1.15 bits per heavy atom. The first-order valence-corrected chi connectivity index (χ1v) is 11.9. The molecule has 0 saturated heterocycles. The minimum atomic E-state index is -0.187. The molecule has 170 valence electrons. The third-order valence-corrected chi connectivity index (χ3v) is 6.82. The van der Waals surface area contributed by atoms with Gasteiger partial charge in [0.2, 0.25) is 5.91 Å². The number of aryl methyl sites for hydroxylation is 1. The second kappa shape index (κ2) is 10.5. The molecule has 0 N–H and O–H groups in total. The maximum Gasteiger partial charge on any atom is 0.254 e. The Bertz CT molecular complexity index is 1110. The Balaban J connectivity index is 1.51. The smallest absolute Gasteiger partial charge is 0.254 e. The molecule has 0 spiro atoms. The number of hydrogen-bond donors (Lipinski definition) is 0. The first-order valence-electron chi connectivity index (χ1n) is 11.1. The molecular formula is C27H28N2O3S. The van der Waals surface area contributed by atoms with Crippen molar-refractivity contribution in [1.29, 1.82) is 0 Å². The topological polar surface area (TPSA) is 49.9 Å². The zero-order chi connectivity index (χ0) is 23.2. The normalized spacial score (nSPS) is 14.9. The monoisotopic (exact) mass is 460 g/mol. The molecule has 0 saturated carbocycles. The fourth-order valence-corrected chi connectivity index (χ4v) is 5.00. The van der Waals surface area contributed by atoms with Crippen LogP contribution in [0.15, 0.2) is 78.7 Å². The van der Waals surface area contributed by atoms with E-state index in [1.807, 2.05) is 54.3 Å². The fraction of sp³-hybridized carbons (Fsp3) is 0.259. The van der Waals surface area contributed by atoms with Gasteiger partial charge in [-0.1, -0.05) is 42.0 Å². The molecule has 3 aromatic rings. The van der Waals surface area contributed by atoms with Crippen LogP contribution in [0.25, 0.3) is 0 Å². The maximum atomic E-state index is 13.5. The van der Waals surface area contributed by atoms with Gasteiger partial charge in [0, 0.05) is 23.5 Å². The van der Waals surface area contributed by atoms with Gasteiger partial charge >= 0.3 is 0 Å². The van der Waals surface area contributed by atoms with E-state index >= 15 is 0 Å². The fourth-order valence-electron chi connectivity index (χ4n) is 4.07. The van der Waals surface area contributed by atoms with Gasteiger partial charge in [-0.25, -0.2) is 0 Å². The second-order valence-electron chi connectivity index (χ2n) is 8.12. The van der Waals surface area contributed by atoms with E-state index in [-0.39, 0.29) is 24.4 Å². The molecule has 0 radical (unpaired) electrons. The first-order chi connectivity index (χ1) is 16.1. The van der Waals surface area contributed by atoms with Gasteiger partial charge in [0.05, 0.1) is 6.04 Å². The minimum absolute atomic E-state index is 0.0000369. The molecule has 5 nitrogen and oxygen atoms in total. The summed E-state index contributed by atoms with van der Waals surface area (Å²) in [6.45, 7) is 7.03. The summed E-state index contributed by atoms with van der Waals surface area (Å²) in [6.07, 6.45) is 2.47. The molecule has 4 rings (SSSR count). The molecule has 1 aromatic heterocycles. The second-order valence-corrected chi connectivity index (χ2v) is 9.12. The molecule has 0 fully saturated rings. The van der Waals surface area contributed by atoms with Crippen LogP contribution in [0.1, 0.15) is 32.4 Å². The van der Waals surface area contributed by atoms with Gasteiger partial charge in [-0.3, -0.25) is 9.59 Å². The quantitative estimate of drug-likeness (QED) is 0.450. The van der Waals surface area contributed by atoms with Gasteiger partial charge < -0.3 is 14.5 Å². The van der Waals surface area contributed by atoms with Gasteiger partial charge in [-0.05, 0) is 54.6 Å². The van der Waals surface area contributed by atoms with Crippen LogP contribution in [0.4, 0.5) is 0 Å². The van der Waals surface area contributed by atoms with Crippen LogP contribution in [0.5, 0.6) is 5.75 Å². The number of ether oxygens (including phenoxy) is 1. The molecule has 6 heteroatoms. The number of rotatable bonds is 8. The van der Waals surface area contributed by atoms with E-state index in [2.05, 4.69) is 18.0 Å². The molecular weight excluding hydrogens is 432 g/mol. The lowest BCUT2D eigenvalue weighted by atomic mass is 10.0. The Labute approximate surface area is 198 Å². The lowest BCUT2D eigenvalue weighted by molar-refractivity contribution is -0.135. The summed E-state index contributed by atoms with van der Waals surface area (Å²) in [5.41, 5.74) is 2.78. The maximum absolute atomic E-state index is 13.5. The lowest BCUT2D eigenvalue weighted by Crippen LogP contribution is -2.47. The summed E-state index contributed by atoms with van der Waals surface area (Å²) in [4.78, 5) is 31.3. The van der Waals surface area contributed by atoms with Crippen molar-refractivity contribution >= 4 is 23.2 Å². The Kier molecular flexibility index (Phi) is 7.25. The average Bonchev–Trinajstić information content (AvgIpc) is 3.32. The Morgan fingerprint density at radius 3 is 2.64 bits per heavy atom. The van der Waals surface area contributed by atoms with Gasteiger partial charge in [0.25, 0.3) is 5.91 Å². The lowest BCUT2D eigenvalue weighted by Gasteiger charge is -2.37. The number of nitrogens with zero attached hydrogens (tertiary/aromatic N) is 2. The van der Waals surface area contributed by atoms with E-state index < -0.39 is 0 Å². The third-order valence-electron chi connectivity index (χ3n) is 5.83. The number of fused-ring (bicyclic) bond motifs is 1. The van der Waals surface area contributed by atoms with E-state index in [1.165, 1.54) is 4.88 Å². The molecule has 1 aliphatic rings. The number of hydrogen-bond acceptors (Lipinski definition) is 4. The van der Waals surface area contributed by atoms with Crippen molar-refractivity contribution in [3.05, 3.63) is 100 Å². The van der Waals surface area contributed by atoms with Crippen molar-refractivity contribution in [2.75, 3.05) is 26.2 Å². The highest BCUT2D eigenvalue weighted by Gasteiger charge is 2.33. The van der Waals surface area contributed by atoms with Crippen LogP contribution < -0.4 is 4.74 Å². The number of carbonyl (C=O) groups excluding carboxylic acids is 2. The summed E-state index contributed by atoms with van der Waals surface area (Å²) in [5, 5.41) is 2.07. The van der Waals surface area contributed by atoms with Crippen molar-refractivity contribution in [1.82, 2.24) is 9.80 Å². The van der Waals surface area contributed by atoms with Gasteiger partial charge in [0.1, 0.15) is 18.9 Å². The third kappa shape index (κ3) is 5.34. The van der Waals surface area contributed by atoms with Crippen LogP contribution in [-0.4, -0.2) is 47.9 Å². The summed E-state index contributed by atoms with van der Waals surface area (Å²) < 4.78 is 6.05. The van der Waals surface area contributed by atoms with E-state index in [0.717, 1.165) is 23.3 Å². The molecule has 2 heterocycles. The molecule has 33 heavy (non-hydrogen) atoms. The van der Waals surface area contributed by atoms with E-state index in [0.29, 0.717) is 25.3 Å². The van der Waals surface area contributed by atoms with Crippen molar-refractivity contribution < 1.29 is 14.3 Å². The largest absolute Gasteiger partial charge is 0.491 e. The molecule has 2 aromatic carbocycles. The van der Waals surface area contributed by atoms with Crippen molar-refractivity contribution in [2.24, 2.45) is 0 Å². The molecule has 1 unspecified atom stereocenters. The molecule has 1 aliphatic heterocycles. The highest BCUT2D eigenvalue weighted by Crippen LogP contribution is 2.34. The predicted octanol–water partition coefficient (Wildman–Crippen LogP) is 4.89. The van der Waals surface area contributed by atoms with Crippen LogP contribution in [0.3, 0.4) is 0 Å². The van der Waals surface area contributed by atoms with Crippen LogP contribution in [0.2, 0.25) is 0 Å². The van der Waals surface area contributed by atoms with Crippen LogP contribution in [-0.2, 0) is 11.2 Å². The van der Waals surface area contributed by atoms with E-state index in [9.17, 15) is 9.59 Å². The summed E-state index contributed by atoms with van der Waals surface area (Å²) in [7, 11) is 0. The molecule has 1 atom stereocenters. The van der Waals surface area contributed by atoms with E-state index in [4.69, 9.17) is 4.74 Å². The van der Waals surface area contributed by atoms with Crippen LogP contribution >= 0.6 is 11.3 Å². The zero-order valence-corrected chi connectivity index (χ0v) is 19.6. The van der Waals surface area contributed by atoms with Gasteiger partial charge in [-0.2, -0.15) is 0 Å². The standard InChI is InChI=1S/C27H28N2O3S/c1-3-15-28(27(31)21-11-9-20(2)10-12-21)18-26(30)29-16-13-25-23(14-17-33-25)24(29)19-32-22-7-5-4-6-8-22/h3-12,14,17,24H,1,13,15-16,18-19H2,2H3. The van der Waals surface area contributed by atoms with E-state index in [1.54, 1.807) is 34.4 Å². The number of carbonyl (C=O) groups is 2. The number of benzene rings is 2. The average molecular weight is 461 g/mol. The number of amides is 2. The van der Waals surface area contributed by atoms with Gasteiger partial charge in [-0.15, -0.1) is 17.9 Å². The number of para-hydroxylation sites is 1. The molecule has 0 aliphatic carbocycles. The zero-order valence-electron chi connectivity index (χ0n) is 18.8. The predicted molar refractivity (Wildman–Crippen MR) is 132 cm³/mol. The Morgan fingerprint density at radius 2 is 1.91 bits per heavy atom. The summed E-state index contributed by atoms with van der Waals surface area (Å²) in [6, 6.07) is 18.9. The summed E-state index contributed by atoms with van der Waals surface area (Å²) >= 11 is 1.72. The summed E-state index contributed by atoms with van der Waals surface area (Å²) in [5.74, 6) is 0.513. The van der Waals surface area contributed by atoms with Crippen LogP contribution in [0, 0.1) is 6.92 Å².